The monoisotopic (exact) mass is 120 g/mol. The predicted molar refractivity (Wildman–Crippen MR) is 43.3 cm³/mol. The van der Waals surface area contributed by atoms with Crippen LogP contribution in [-0.4, -0.2) is 0 Å². The zero-order valence-electron chi connectivity index (χ0n) is 5.75. The second kappa shape index (κ2) is 6.96. The fraction of sp³-hybridized carbons (Fsp3) is 0.111. The Balaban J connectivity index is 3.46. The van der Waals surface area contributed by atoms with E-state index < -0.39 is 0 Å². The topological polar surface area (TPSA) is 0 Å². The zero-order chi connectivity index (χ0) is 6.95. The van der Waals surface area contributed by atoms with Gasteiger partial charge in [-0.2, -0.15) is 0 Å². The summed E-state index contributed by atoms with van der Waals surface area (Å²) in [6.07, 6.45) is 13.5. The smallest absolute Gasteiger partial charge is 0.0467 e. The highest BCUT2D eigenvalue weighted by molar-refractivity contribution is 5.13. The Morgan fingerprint density at radius 1 is 0.889 bits per heavy atom. The molecule has 0 aliphatic heterocycles. The lowest BCUT2D eigenvalue weighted by Gasteiger charge is -1.69. The van der Waals surface area contributed by atoms with Crippen molar-refractivity contribution in [1.29, 1.82) is 0 Å². The highest BCUT2D eigenvalue weighted by Crippen LogP contribution is 1.79. The molecule has 0 amide bonds. The summed E-state index contributed by atoms with van der Waals surface area (Å²) in [5, 5.41) is 0. The summed E-state index contributed by atoms with van der Waals surface area (Å²) >= 11 is 0. The van der Waals surface area contributed by atoms with Crippen LogP contribution in [0.3, 0.4) is 0 Å². The Morgan fingerprint density at radius 2 is 1.44 bits per heavy atom. The van der Waals surface area contributed by atoms with Gasteiger partial charge in [0.2, 0.25) is 0 Å². The van der Waals surface area contributed by atoms with Crippen LogP contribution in [-0.2, 0) is 0 Å². The Hall–Kier alpha value is -1.04. The summed E-state index contributed by atoms with van der Waals surface area (Å²) in [5.41, 5.74) is 0. The van der Waals surface area contributed by atoms with Crippen molar-refractivity contribution in [1.82, 2.24) is 0 Å². The van der Waals surface area contributed by atoms with Gasteiger partial charge in [0.25, 0.3) is 0 Å². The highest BCUT2D eigenvalue weighted by Gasteiger charge is 1.57. The number of hydrogen-bond donors (Lipinski definition) is 0. The lowest BCUT2D eigenvalue weighted by atomic mass is 10.4. The molecule has 0 N–H and O–H groups in total. The second-order valence-corrected chi connectivity index (χ2v) is 1.53. The van der Waals surface area contributed by atoms with E-state index in [4.69, 9.17) is 0 Å². The lowest BCUT2D eigenvalue weighted by molar-refractivity contribution is 1.73. The molecule has 0 saturated carbocycles. The van der Waals surface area contributed by atoms with Gasteiger partial charge in [-0.15, -0.1) is 0 Å². The summed E-state index contributed by atoms with van der Waals surface area (Å²) < 4.78 is 0. The van der Waals surface area contributed by atoms with Crippen LogP contribution in [0.2, 0.25) is 0 Å². The molecule has 0 atom stereocenters. The van der Waals surface area contributed by atoms with E-state index in [1.165, 1.54) is 0 Å². The van der Waals surface area contributed by atoms with Crippen LogP contribution < -0.4 is 0 Å². The van der Waals surface area contributed by atoms with Crippen LogP contribution in [0.1, 0.15) is 6.92 Å². The minimum atomic E-state index is 1.75. The van der Waals surface area contributed by atoms with E-state index in [9.17, 15) is 0 Å². The molecule has 0 bridgehead atoms. The first-order valence-corrected chi connectivity index (χ1v) is 2.99. The van der Waals surface area contributed by atoms with Crippen molar-refractivity contribution in [2.24, 2.45) is 0 Å². The van der Waals surface area contributed by atoms with Crippen LogP contribution in [0, 0.1) is 0 Å². The Kier molecular flexibility index (Phi) is 6.16. The maximum Gasteiger partial charge on any atom is -0.0467 e. The van der Waals surface area contributed by atoms with Crippen LogP contribution >= 0.6 is 0 Å². The maximum absolute atomic E-state index is 3.54. The maximum atomic E-state index is 3.54. The average Bonchev–Trinajstić information content (AvgIpc) is 1.89. The molecule has 48 valence electrons. The van der Waals surface area contributed by atoms with Crippen molar-refractivity contribution in [3.05, 3.63) is 49.1 Å². The molecule has 0 rings (SSSR count). The van der Waals surface area contributed by atoms with Gasteiger partial charge in [-0.3, -0.25) is 0 Å². The zero-order valence-corrected chi connectivity index (χ0v) is 5.75. The SMILES string of the molecule is C=CC=CC=CC=CC. The van der Waals surface area contributed by atoms with Gasteiger partial charge in [-0.1, -0.05) is 49.1 Å². The molecule has 0 aromatic carbocycles. The molecule has 0 aromatic heterocycles. The molecule has 0 heterocycles. The van der Waals surface area contributed by atoms with Gasteiger partial charge in [0.05, 0.1) is 0 Å². The molecule has 0 aromatic rings. The van der Waals surface area contributed by atoms with Crippen LogP contribution in [0.4, 0.5) is 0 Å². The highest BCUT2D eigenvalue weighted by atomic mass is 13.6. The summed E-state index contributed by atoms with van der Waals surface area (Å²) in [4.78, 5) is 0. The molecule has 0 spiro atoms. The van der Waals surface area contributed by atoms with Crippen molar-refractivity contribution in [3.63, 3.8) is 0 Å². The number of allylic oxidation sites excluding steroid dienone is 7. The van der Waals surface area contributed by atoms with Gasteiger partial charge in [0.15, 0.2) is 0 Å². The van der Waals surface area contributed by atoms with Gasteiger partial charge >= 0.3 is 0 Å². The molecule has 0 nitrogen and oxygen atoms in total. The molecule has 0 unspecified atom stereocenters. The average molecular weight is 120 g/mol. The van der Waals surface area contributed by atoms with E-state index in [0.29, 0.717) is 0 Å². The van der Waals surface area contributed by atoms with E-state index in [0.717, 1.165) is 0 Å². The van der Waals surface area contributed by atoms with Gasteiger partial charge in [0, 0.05) is 0 Å². The predicted octanol–water partition coefficient (Wildman–Crippen LogP) is 2.86. The van der Waals surface area contributed by atoms with E-state index in [2.05, 4.69) is 6.58 Å². The van der Waals surface area contributed by atoms with Crippen molar-refractivity contribution < 1.29 is 0 Å². The van der Waals surface area contributed by atoms with Gasteiger partial charge in [-0.25, -0.2) is 0 Å². The van der Waals surface area contributed by atoms with E-state index in [-0.39, 0.29) is 0 Å². The largest absolute Gasteiger partial charge is 0.0991 e. The third-order valence-electron chi connectivity index (χ3n) is 0.773. The fourth-order valence-electron chi connectivity index (χ4n) is 0.382. The van der Waals surface area contributed by atoms with Crippen LogP contribution in [0.25, 0.3) is 0 Å². The number of rotatable bonds is 3. The molecule has 0 fully saturated rings. The van der Waals surface area contributed by atoms with Crippen LogP contribution in [0.5, 0.6) is 0 Å². The Labute approximate surface area is 56.9 Å². The molecule has 0 aliphatic carbocycles. The Morgan fingerprint density at radius 3 is 2.00 bits per heavy atom. The third-order valence-corrected chi connectivity index (χ3v) is 0.773. The van der Waals surface area contributed by atoms with E-state index in [1.807, 2.05) is 43.4 Å². The molecular weight excluding hydrogens is 108 g/mol. The van der Waals surface area contributed by atoms with Crippen molar-refractivity contribution in [2.75, 3.05) is 0 Å². The van der Waals surface area contributed by atoms with Crippen molar-refractivity contribution in [2.45, 2.75) is 6.92 Å². The molecular formula is C9H12. The quantitative estimate of drug-likeness (QED) is 0.502. The normalized spacial score (nSPS) is 12.1. The van der Waals surface area contributed by atoms with Crippen LogP contribution in [0.15, 0.2) is 49.1 Å². The molecule has 0 heteroatoms. The van der Waals surface area contributed by atoms with Gasteiger partial charge in [-0.05, 0) is 6.92 Å². The summed E-state index contributed by atoms with van der Waals surface area (Å²) in [6, 6.07) is 0. The Bertz CT molecular complexity index is 136. The second-order valence-electron chi connectivity index (χ2n) is 1.53. The summed E-state index contributed by atoms with van der Waals surface area (Å²) in [7, 11) is 0. The standard InChI is InChI=1S/C9H12/c1-3-5-7-9-8-6-4-2/h3-9H,1H2,2H3. The summed E-state index contributed by atoms with van der Waals surface area (Å²) in [5.74, 6) is 0. The van der Waals surface area contributed by atoms with Crippen molar-refractivity contribution >= 4 is 0 Å². The fourth-order valence-corrected chi connectivity index (χ4v) is 0.382. The van der Waals surface area contributed by atoms with Gasteiger partial charge < -0.3 is 0 Å². The first kappa shape index (κ1) is 7.96. The van der Waals surface area contributed by atoms with Crippen molar-refractivity contribution in [3.8, 4) is 0 Å². The third kappa shape index (κ3) is 6.96. The van der Waals surface area contributed by atoms with E-state index in [1.54, 1.807) is 6.08 Å². The lowest BCUT2D eigenvalue weighted by Crippen LogP contribution is -1.47. The summed E-state index contributed by atoms with van der Waals surface area (Å²) in [6.45, 7) is 5.53. The number of hydrogen-bond acceptors (Lipinski definition) is 0. The molecule has 0 saturated heterocycles. The first-order chi connectivity index (χ1) is 4.41. The molecule has 0 aliphatic rings. The molecule has 0 radical (unpaired) electrons. The van der Waals surface area contributed by atoms with Gasteiger partial charge in [0.1, 0.15) is 0 Å². The first-order valence-electron chi connectivity index (χ1n) is 2.99. The molecule has 9 heavy (non-hydrogen) atoms. The van der Waals surface area contributed by atoms with E-state index >= 15 is 0 Å². The minimum Gasteiger partial charge on any atom is -0.0991 e. The minimum absolute atomic E-state index is 1.75.